The number of methoxy groups -OCH3 is 1. The Labute approximate surface area is 113 Å². The van der Waals surface area contributed by atoms with E-state index in [1.54, 1.807) is 23.1 Å². The third-order valence-corrected chi connectivity index (χ3v) is 3.60. The maximum Gasteiger partial charge on any atom is 0.259 e. The molecule has 0 aromatic heterocycles. The minimum Gasteiger partial charge on any atom is -0.496 e. The summed E-state index contributed by atoms with van der Waals surface area (Å²) >= 11 is 0. The molecule has 1 aliphatic rings. The van der Waals surface area contributed by atoms with E-state index in [2.05, 4.69) is 0 Å². The van der Waals surface area contributed by atoms with Gasteiger partial charge in [0.05, 0.1) is 7.11 Å². The van der Waals surface area contributed by atoms with Crippen LogP contribution in [0.25, 0.3) is 0 Å². The molecule has 1 saturated heterocycles. The van der Waals surface area contributed by atoms with Gasteiger partial charge in [0.2, 0.25) is 0 Å². The Morgan fingerprint density at radius 1 is 1.58 bits per heavy atom. The van der Waals surface area contributed by atoms with Crippen molar-refractivity contribution >= 4 is 11.6 Å². The van der Waals surface area contributed by atoms with Gasteiger partial charge in [-0.1, -0.05) is 6.07 Å². The molecule has 1 fully saturated rings. The molecule has 1 amide bonds. The molecule has 0 spiro atoms. The summed E-state index contributed by atoms with van der Waals surface area (Å²) in [6.45, 7) is 1.56. The van der Waals surface area contributed by atoms with Crippen LogP contribution in [0.5, 0.6) is 5.75 Å². The molecule has 1 aliphatic heterocycles. The van der Waals surface area contributed by atoms with E-state index in [4.69, 9.17) is 15.6 Å². The number of rotatable bonds is 4. The fourth-order valence-corrected chi connectivity index (χ4v) is 2.54. The topological polar surface area (TPSA) is 75.8 Å². The molecule has 0 saturated carbocycles. The van der Waals surface area contributed by atoms with Gasteiger partial charge in [0.1, 0.15) is 11.3 Å². The van der Waals surface area contributed by atoms with Crippen LogP contribution >= 0.6 is 0 Å². The van der Waals surface area contributed by atoms with Crippen molar-refractivity contribution in [2.75, 3.05) is 32.5 Å². The van der Waals surface area contributed by atoms with Gasteiger partial charge in [-0.05, 0) is 30.9 Å². The number of nitrogens with zero attached hydrogens (tertiary/aromatic N) is 1. The zero-order chi connectivity index (χ0) is 13.8. The highest BCUT2D eigenvalue weighted by Gasteiger charge is 2.29. The predicted octanol–water partition coefficient (Wildman–Crippen LogP) is 1.12. The molecule has 1 unspecified atom stereocenters. The van der Waals surface area contributed by atoms with Gasteiger partial charge in [0.15, 0.2) is 0 Å². The number of aliphatic hydroxyl groups excluding tert-OH is 1. The van der Waals surface area contributed by atoms with Crippen LogP contribution in [0, 0.1) is 5.92 Å². The number of nitrogens with two attached hydrogens (primary N) is 1. The lowest BCUT2D eigenvalue weighted by molar-refractivity contribution is 0.0782. The SMILES string of the molecule is COc1cccc(N)c1C(=O)N1CCC(CCO)C1. The molecule has 0 aliphatic carbocycles. The number of nitrogen functional groups attached to an aromatic ring is 1. The first-order valence-electron chi connectivity index (χ1n) is 6.50. The summed E-state index contributed by atoms with van der Waals surface area (Å²) in [6.07, 6.45) is 1.67. The molecular weight excluding hydrogens is 244 g/mol. The average Bonchev–Trinajstić information content (AvgIpc) is 2.86. The second kappa shape index (κ2) is 5.93. The summed E-state index contributed by atoms with van der Waals surface area (Å²) in [5.74, 6) is 0.802. The van der Waals surface area contributed by atoms with E-state index in [1.165, 1.54) is 7.11 Å². The number of amides is 1. The summed E-state index contributed by atoms with van der Waals surface area (Å²) in [4.78, 5) is 14.3. The lowest BCUT2D eigenvalue weighted by Crippen LogP contribution is -2.29. The second-order valence-electron chi connectivity index (χ2n) is 4.84. The van der Waals surface area contributed by atoms with Gasteiger partial charge in [-0.2, -0.15) is 0 Å². The Kier molecular flexibility index (Phi) is 4.27. The first-order chi connectivity index (χ1) is 9.17. The van der Waals surface area contributed by atoms with E-state index in [0.717, 1.165) is 12.8 Å². The number of ether oxygens (including phenoxy) is 1. The van der Waals surface area contributed by atoms with Gasteiger partial charge in [-0.15, -0.1) is 0 Å². The minimum atomic E-state index is -0.0876. The Morgan fingerprint density at radius 2 is 2.37 bits per heavy atom. The molecule has 104 valence electrons. The Morgan fingerprint density at radius 3 is 3.05 bits per heavy atom. The number of carbonyl (C=O) groups excluding carboxylic acids is 1. The standard InChI is InChI=1S/C14H20N2O3/c1-19-12-4-2-3-11(15)13(12)14(18)16-7-5-10(9-16)6-8-17/h2-4,10,17H,5-9,15H2,1H3. The van der Waals surface area contributed by atoms with Crippen molar-refractivity contribution in [3.8, 4) is 5.75 Å². The zero-order valence-corrected chi connectivity index (χ0v) is 11.1. The molecule has 1 aromatic rings. The van der Waals surface area contributed by atoms with Crippen molar-refractivity contribution in [3.63, 3.8) is 0 Å². The zero-order valence-electron chi connectivity index (χ0n) is 11.1. The molecule has 3 N–H and O–H groups in total. The number of benzene rings is 1. The molecular formula is C14H20N2O3. The quantitative estimate of drug-likeness (QED) is 0.799. The molecule has 0 bridgehead atoms. The lowest BCUT2D eigenvalue weighted by Gasteiger charge is -2.19. The highest BCUT2D eigenvalue weighted by Crippen LogP contribution is 2.28. The van der Waals surface area contributed by atoms with E-state index in [-0.39, 0.29) is 12.5 Å². The number of hydrogen-bond donors (Lipinski definition) is 2. The molecule has 19 heavy (non-hydrogen) atoms. The molecule has 1 heterocycles. The monoisotopic (exact) mass is 264 g/mol. The smallest absolute Gasteiger partial charge is 0.259 e. The van der Waals surface area contributed by atoms with Crippen LogP contribution in [0.2, 0.25) is 0 Å². The Hall–Kier alpha value is -1.75. The van der Waals surface area contributed by atoms with E-state index in [9.17, 15) is 4.79 Å². The maximum absolute atomic E-state index is 12.5. The van der Waals surface area contributed by atoms with Crippen molar-refractivity contribution in [2.24, 2.45) is 5.92 Å². The number of aliphatic hydroxyl groups is 1. The van der Waals surface area contributed by atoms with Crippen LogP contribution in [0.15, 0.2) is 18.2 Å². The number of anilines is 1. The summed E-state index contributed by atoms with van der Waals surface area (Å²) in [5, 5.41) is 8.95. The number of likely N-dealkylation sites (tertiary alicyclic amines) is 1. The predicted molar refractivity (Wildman–Crippen MR) is 73.1 cm³/mol. The highest BCUT2D eigenvalue weighted by molar-refractivity contribution is 6.02. The fraction of sp³-hybridized carbons (Fsp3) is 0.500. The van der Waals surface area contributed by atoms with E-state index in [1.807, 2.05) is 0 Å². The third-order valence-electron chi connectivity index (χ3n) is 3.60. The second-order valence-corrected chi connectivity index (χ2v) is 4.84. The summed E-state index contributed by atoms with van der Waals surface area (Å²) < 4.78 is 5.21. The lowest BCUT2D eigenvalue weighted by atomic mass is 10.1. The van der Waals surface area contributed by atoms with Crippen molar-refractivity contribution in [2.45, 2.75) is 12.8 Å². The van der Waals surface area contributed by atoms with Crippen LogP contribution in [-0.2, 0) is 0 Å². The molecule has 1 atom stereocenters. The molecule has 2 rings (SSSR count). The molecule has 5 heteroatoms. The van der Waals surface area contributed by atoms with Gasteiger partial charge >= 0.3 is 0 Å². The van der Waals surface area contributed by atoms with Gasteiger partial charge in [0.25, 0.3) is 5.91 Å². The third kappa shape index (κ3) is 2.81. The molecule has 5 nitrogen and oxygen atoms in total. The normalized spacial score (nSPS) is 18.6. The molecule has 0 radical (unpaired) electrons. The summed E-state index contributed by atoms with van der Waals surface area (Å²) in [7, 11) is 1.53. The Bertz CT molecular complexity index is 462. The van der Waals surface area contributed by atoms with Crippen LogP contribution < -0.4 is 10.5 Å². The van der Waals surface area contributed by atoms with E-state index in [0.29, 0.717) is 36.0 Å². The van der Waals surface area contributed by atoms with Crippen LogP contribution in [0.3, 0.4) is 0 Å². The van der Waals surface area contributed by atoms with Crippen LogP contribution in [0.4, 0.5) is 5.69 Å². The van der Waals surface area contributed by atoms with Crippen molar-refractivity contribution in [1.29, 1.82) is 0 Å². The number of hydrogen-bond acceptors (Lipinski definition) is 4. The van der Waals surface area contributed by atoms with E-state index >= 15 is 0 Å². The largest absolute Gasteiger partial charge is 0.496 e. The minimum absolute atomic E-state index is 0.0876. The average molecular weight is 264 g/mol. The van der Waals surface area contributed by atoms with Gasteiger partial charge < -0.3 is 20.5 Å². The van der Waals surface area contributed by atoms with Gasteiger partial charge in [0, 0.05) is 25.4 Å². The van der Waals surface area contributed by atoms with Crippen LogP contribution in [0.1, 0.15) is 23.2 Å². The first-order valence-corrected chi connectivity index (χ1v) is 6.50. The summed E-state index contributed by atoms with van der Waals surface area (Å²) in [6, 6.07) is 5.21. The van der Waals surface area contributed by atoms with E-state index < -0.39 is 0 Å². The Balaban J connectivity index is 2.17. The van der Waals surface area contributed by atoms with Gasteiger partial charge in [-0.3, -0.25) is 4.79 Å². The van der Waals surface area contributed by atoms with Crippen molar-refractivity contribution < 1.29 is 14.6 Å². The maximum atomic E-state index is 12.5. The summed E-state index contributed by atoms with van der Waals surface area (Å²) in [5.41, 5.74) is 6.77. The van der Waals surface area contributed by atoms with Gasteiger partial charge in [-0.25, -0.2) is 0 Å². The van der Waals surface area contributed by atoms with Crippen molar-refractivity contribution in [1.82, 2.24) is 4.90 Å². The van der Waals surface area contributed by atoms with Crippen molar-refractivity contribution in [3.05, 3.63) is 23.8 Å². The molecule has 1 aromatic carbocycles. The van der Waals surface area contributed by atoms with Crippen LogP contribution in [-0.4, -0.2) is 42.7 Å². The highest BCUT2D eigenvalue weighted by atomic mass is 16.5. The fourth-order valence-electron chi connectivity index (χ4n) is 2.54. The first kappa shape index (κ1) is 13.7. The number of carbonyl (C=O) groups is 1.